The van der Waals surface area contributed by atoms with Crippen molar-refractivity contribution in [3.05, 3.63) is 35.4 Å². The average molecular weight is 539 g/mol. The maximum Gasteiger partial charge on any atom is 0.407 e. The Balaban J connectivity index is 2.45. The summed E-state index contributed by atoms with van der Waals surface area (Å²) in [6.45, 7) is 14.0. The Morgan fingerprint density at radius 2 is 1.55 bits per heavy atom. The summed E-state index contributed by atoms with van der Waals surface area (Å²) in [5.74, 6) is -0.844. The lowest BCUT2D eigenvalue weighted by molar-refractivity contribution is -0.160. The molecule has 38 heavy (non-hydrogen) atoms. The van der Waals surface area contributed by atoms with Crippen LogP contribution in [0.25, 0.3) is 0 Å². The van der Waals surface area contributed by atoms with Crippen molar-refractivity contribution in [2.24, 2.45) is 5.73 Å². The Morgan fingerprint density at radius 3 is 2.18 bits per heavy atom. The number of rotatable bonds is 16. The van der Waals surface area contributed by atoms with E-state index in [2.05, 4.69) is 5.32 Å². The molecule has 3 N–H and O–H groups in total. The minimum atomic E-state index is -0.639. The molecule has 1 aromatic rings. The number of amides is 2. The van der Waals surface area contributed by atoms with Crippen molar-refractivity contribution in [3.63, 3.8) is 0 Å². The third-order valence-electron chi connectivity index (χ3n) is 5.02. The first-order valence-corrected chi connectivity index (χ1v) is 13.0. The highest BCUT2D eigenvalue weighted by Crippen LogP contribution is 2.14. The average Bonchev–Trinajstić information content (AvgIpc) is 2.77. The first-order chi connectivity index (χ1) is 17.6. The molecular formula is C28H46N2O8. The quantitative estimate of drug-likeness (QED) is 0.240. The van der Waals surface area contributed by atoms with Gasteiger partial charge in [0, 0.05) is 6.42 Å². The molecule has 0 aromatic heterocycles. The van der Waals surface area contributed by atoms with Gasteiger partial charge in [-0.2, -0.15) is 0 Å². The fourth-order valence-electron chi connectivity index (χ4n) is 3.34. The van der Waals surface area contributed by atoms with Crippen LogP contribution in [-0.2, 0) is 46.3 Å². The van der Waals surface area contributed by atoms with Crippen LogP contribution in [0, 0.1) is 0 Å². The van der Waals surface area contributed by atoms with Crippen LogP contribution in [0.3, 0.4) is 0 Å². The van der Waals surface area contributed by atoms with E-state index < -0.39 is 35.2 Å². The molecule has 10 nitrogen and oxygen atoms in total. The fourth-order valence-corrected chi connectivity index (χ4v) is 3.34. The molecule has 1 rings (SSSR count). The molecule has 0 spiro atoms. The van der Waals surface area contributed by atoms with Gasteiger partial charge in [0.05, 0.1) is 38.6 Å². The smallest absolute Gasteiger partial charge is 0.407 e. The summed E-state index contributed by atoms with van der Waals surface area (Å²) >= 11 is 0. The Kier molecular flexibility index (Phi) is 14.3. The minimum Gasteiger partial charge on any atom is -0.458 e. The second-order valence-corrected chi connectivity index (χ2v) is 11.1. The highest BCUT2D eigenvalue weighted by molar-refractivity contribution is 5.74. The Labute approximate surface area is 226 Å². The lowest BCUT2D eigenvalue weighted by atomic mass is 10.1. The predicted molar refractivity (Wildman–Crippen MR) is 143 cm³/mol. The van der Waals surface area contributed by atoms with Crippen LogP contribution >= 0.6 is 0 Å². The van der Waals surface area contributed by atoms with Crippen LogP contribution in [0.1, 0.15) is 72.4 Å². The number of benzene rings is 1. The molecule has 2 amide bonds. The number of nitrogens with two attached hydrogens (primary N) is 1. The van der Waals surface area contributed by atoms with E-state index in [1.165, 1.54) is 0 Å². The number of hydrogen-bond donors (Lipinski definition) is 2. The summed E-state index contributed by atoms with van der Waals surface area (Å²) in [6.07, 6.45) is 0.218. The molecule has 0 aliphatic heterocycles. The van der Waals surface area contributed by atoms with Crippen LogP contribution in [0.15, 0.2) is 24.3 Å². The van der Waals surface area contributed by atoms with E-state index in [0.29, 0.717) is 39.3 Å². The van der Waals surface area contributed by atoms with E-state index in [-0.39, 0.29) is 19.1 Å². The summed E-state index contributed by atoms with van der Waals surface area (Å²) < 4.78 is 27.4. The van der Waals surface area contributed by atoms with Crippen molar-refractivity contribution < 1.29 is 38.1 Å². The molecule has 0 unspecified atom stereocenters. The number of primary amides is 1. The van der Waals surface area contributed by atoms with E-state index >= 15 is 0 Å². The number of carbonyl (C=O) groups excluding carboxylic acids is 3. The van der Waals surface area contributed by atoms with Gasteiger partial charge in [0.15, 0.2) is 0 Å². The first-order valence-electron chi connectivity index (χ1n) is 13.0. The molecule has 0 fully saturated rings. The number of esters is 1. The second-order valence-electron chi connectivity index (χ2n) is 11.1. The summed E-state index contributed by atoms with van der Waals surface area (Å²) in [7, 11) is 0. The van der Waals surface area contributed by atoms with Gasteiger partial charge in [-0.25, -0.2) is 9.59 Å². The predicted octanol–water partition coefficient (Wildman–Crippen LogP) is 3.67. The molecule has 0 aliphatic rings. The van der Waals surface area contributed by atoms with E-state index in [9.17, 15) is 14.4 Å². The minimum absolute atomic E-state index is 0.0994. The zero-order chi connectivity index (χ0) is 28.8. The van der Waals surface area contributed by atoms with Crippen molar-refractivity contribution in [1.29, 1.82) is 0 Å². The maximum atomic E-state index is 12.3. The van der Waals surface area contributed by atoms with Gasteiger partial charge in [-0.15, -0.1) is 0 Å². The summed E-state index contributed by atoms with van der Waals surface area (Å²) in [5, 5.41) is 2.79. The molecule has 10 heteroatoms. The number of nitrogens with one attached hydrogen (secondary N) is 1. The third kappa shape index (κ3) is 16.9. The van der Waals surface area contributed by atoms with Gasteiger partial charge in [0.1, 0.15) is 17.8 Å². The van der Waals surface area contributed by atoms with E-state index in [1.54, 1.807) is 20.8 Å². The topological polar surface area (TPSA) is 135 Å². The molecule has 216 valence electrons. The van der Waals surface area contributed by atoms with Gasteiger partial charge < -0.3 is 34.7 Å². The number of carbonyl (C=O) groups is 3. The van der Waals surface area contributed by atoms with E-state index in [0.717, 1.165) is 11.1 Å². The summed E-state index contributed by atoms with van der Waals surface area (Å²) in [6, 6.07) is 7.52. The molecule has 0 saturated carbocycles. The van der Waals surface area contributed by atoms with Gasteiger partial charge in [-0.3, -0.25) is 4.79 Å². The molecule has 2 atom stereocenters. The lowest BCUT2D eigenvalue weighted by Gasteiger charge is -2.27. The summed E-state index contributed by atoms with van der Waals surface area (Å²) in [5.41, 5.74) is 6.19. The van der Waals surface area contributed by atoms with Gasteiger partial charge >= 0.3 is 12.1 Å². The highest BCUT2D eigenvalue weighted by Gasteiger charge is 2.24. The third-order valence-corrected chi connectivity index (χ3v) is 5.02. The monoisotopic (exact) mass is 538 g/mol. The molecule has 0 saturated heterocycles. The maximum absolute atomic E-state index is 12.3. The van der Waals surface area contributed by atoms with Gasteiger partial charge in [0.2, 0.25) is 5.91 Å². The number of ether oxygens (including phenoxy) is 5. The Morgan fingerprint density at radius 1 is 0.921 bits per heavy atom. The van der Waals surface area contributed by atoms with Crippen molar-refractivity contribution in [1.82, 2.24) is 5.32 Å². The van der Waals surface area contributed by atoms with Crippen LogP contribution in [0.2, 0.25) is 0 Å². The molecule has 0 aliphatic carbocycles. The Bertz CT molecular complexity index is 876. The normalized spacial score (nSPS) is 13.4. The largest absolute Gasteiger partial charge is 0.458 e. The summed E-state index contributed by atoms with van der Waals surface area (Å²) in [4.78, 5) is 35.2. The van der Waals surface area contributed by atoms with Crippen LogP contribution in [-0.4, -0.2) is 67.7 Å². The number of alkyl carbamates (subject to hydrolysis) is 1. The molecular weight excluding hydrogens is 492 g/mol. The zero-order valence-electron chi connectivity index (χ0n) is 24.0. The van der Waals surface area contributed by atoms with Crippen molar-refractivity contribution >= 4 is 18.0 Å². The van der Waals surface area contributed by atoms with Crippen LogP contribution in [0.4, 0.5) is 4.79 Å². The lowest BCUT2D eigenvalue weighted by Crippen LogP contribution is -2.45. The molecule has 0 bridgehead atoms. The van der Waals surface area contributed by atoms with E-state index in [1.807, 2.05) is 52.0 Å². The second kappa shape index (κ2) is 16.3. The van der Waals surface area contributed by atoms with Gasteiger partial charge in [-0.1, -0.05) is 24.3 Å². The van der Waals surface area contributed by atoms with Crippen LogP contribution in [0.5, 0.6) is 0 Å². The van der Waals surface area contributed by atoms with E-state index in [4.69, 9.17) is 29.4 Å². The first kappa shape index (κ1) is 33.3. The number of hydrogen-bond acceptors (Lipinski definition) is 8. The van der Waals surface area contributed by atoms with Gasteiger partial charge in [-0.05, 0) is 72.4 Å². The van der Waals surface area contributed by atoms with Crippen LogP contribution < -0.4 is 11.1 Å². The SMILES string of the molecule is C[C@@H](OCc1cccc(CCOCCOCC(=O)OC(C)(C)C)c1)[C@H](CCC(N)=O)NC(=O)OC(C)(C)C. The highest BCUT2D eigenvalue weighted by atomic mass is 16.6. The fraction of sp³-hybridized carbons (Fsp3) is 0.679. The molecule has 1 aromatic carbocycles. The molecule has 0 heterocycles. The Hall–Kier alpha value is -2.69. The zero-order valence-corrected chi connectivity index (χ0v) is 24.0. The van der Waals surface area contributed by atoms with Crippen molar-refractivity contribution in [2.45, 2.75) is 97.7 Å². The molecule has 0 radical (unpaired) electrons. The van der Waals surface area contributed by atoms with Crippen molar-refractivity contribution in [2.75, 3.05) is 26.4 Å². The van der Waals surface area contributed by atoms with Gasteiger partial charge in [0.25, 0.3) is 0 Å². The standard InChI is InChI=1S/C28H46N2O8/c1-20(23(11-12-24(29)31)30-26(33)38-28(5,6)7)36-18-22-10-8-9-21(17-22)13-14-34-15-16-35-19-25(32)37-27(2,3)4/h8-10,17,20,23H,11-16,18-19H2,1-7H3,(H2,29,31)(H,30,33)/t20-,23+/m1/s1. The van der Waals surface area contributed by atoms with Crippen molar-refractivity contribution in [3.8, 4) is 0 Å².